The number of non-ortho nitro benzene ring substituents is 1. The number of nitrogens with zero attached hydrogens (tertiary/aromatic N) is 2. The molecule has 0 saturated heterocycles. The summed E-state index contributed by atoms with van der Waals surface area (Å²) in [4.78, 5) is 38.1. The van der Waals surface area contributed by atoms with Crippen LogP contribution in [-0.4, -0.2) is 21.7 Å². The van der Waals surface area contributed by atoms with E-state index in [1.54, 1.807) is 11.4 Å². The Labute approximate surface area is 162 Å². The fraction of sp³-hybridized carbons (Fsp3) is 0.0556. The molecule has 0 aliphatic rings. The molecule has 0 unspecified atom stereocenters. The van der Waals surface area contributed by atoms with Crippen molar-refractivity contribution in [2.45, 2.75) is 6.92 Å². The van der Waals surface area contributed by atoms with E-state index in [2.05, 4.69) is 15.6 Å². The van der Waals surface area contributed by atoms with Gasteiger partial charge in [-0.2, -0.15) is 0 Å². The molecule has 3 rings (SSSR count). The number of amides is 2. The van der Waals surface area contributed by atoms with Gasteiger partial charge in [0.25, 0.3) is 11.6 Å². The minimum Gasteiger partial charge on any atom is -0.326 e. The monoisotopic (exact) mass is 400 g/mol. The average Bonchev–Trinajstić information content (AvgIpc) is 3.11. The highest BCUT2D eigenvalue weighted by molar-refractivity contribution is 7.14. The third-order valence-corrected chi connectivity index (χ3v) is 4.37. The number of nitrogens with one attached hydrogen (secondary N) is 2. The van der Waals surface area contributed by atoms with E-state index in [-0.39, 0.29) is 28.0 Å². The van der Waals surface area contributed by atoms with Gasteiger partial charge in [-0.1, -0.05) is 12.1 Å². The molecule has 0 saturated carbocycles. The third kappa shape index (κ3) is 4.35. The number of carbonyl (C=O) groups excluding carboxylic acids is 2. The predicted molar refractivity (Wildman–Crippen MR) is 103 cm³/mol. The van der Waals surface area contributed by atoms with E-state index in [1.807, 2.05) is 0 Å². The van der Waals surface area contributed by atoms with Gasteiger partial charge in [-0.25, -0.2) is 9.37 Å². The van der Waals surface area contributed by atoms with E-state index >= 15 is 0 Å². The highest BCUT2D eigenvalue weighted by atomic mass is 32.1. The summed E-state index contributed by atoms with van der Waals surface area (Å²) in [5.74, 6) is -1.83. The fourth-order valence-corrected chi connectivity index (χ4v) is 3.10. The summed E-state index contributed by atoms with van der Waals surface area (Å²) in [5.41, 5.74) is 0.919. The van der Waals surface area contributed by atoms with Crippen LogP contribution in [0.2, 0.25) is 0 Å². The standard InChI is InChI=1S/C18H13FN4O4S/c1-10(24)20-12-5-6-15(19)14(8-12)17(25)22-18-21-16(9-28-18)11-3-2-4-13(7-11)23(26)27/h2-9H,1H3,(H,20,24)(H,21,22,25). The first-order chi connectivity index (χ1) is 13.3. The van der Waals surface area contributed by atoms with Crippen LogP contribution in [0.25, 0.3) is 11.3 Å². The second-order valence-corrected chi connectivity index (χ2v) is 6.53. The molecule has 142 valence electrons. The van der Waals surface area contributed by atoms with Crippen molar-refractivity contribution in [2.75, 3.05) is 10.6 Å². The number of halogens is 1. The van der Waals surface area contributed by atoms with Crippen LogP contribution in [0.3, 0.4) is 0 Å². The molecular formula is C18H13FN4O4S. The summed E-state index contributed by atoms with van der Waals surface area (Å²) in [6.45, 7) is 1.30. The number of nitro groups is 1. The second-order valence-electron chi connectivity index (χ2n) is 5.68. The zero-order valence-electron chi connectivity index (χ0n) is 14.4. The van der Waals surface area contributed by atoms with Crippen molar-refractivity contribution in [3.05, 3.63) is 69.3 Å². The van der Waals surface area contributed by atoms with Gasteiger partial charge >= 0.3 is 0 Å². The molecule has 3 aromatic rings. The lowest BCUT2D eigenvalue weighted by Crippen LogP contribution is -2.15. The van der Waals surface area contributed by atoms with Gasteiger partial charge in [0.15, 0.2) is 5.13 Å². The molecule has 8 nitrogen and oxygen atoms in total. The van der Waals surface area contributed by atoms with Crippen molar-refractivity contribution in [2.24, 2.45) is 0 Å². The number of anilines is 2. The van der Waals surface area contributed by atoms with E-state index in [0.717, 1.165) is 17.4 Å². The molecule has 2 amide bonds. The maximum absolute atomic E-state index is 14.0. The molecule has 0 radical (unpaired) electrons. The number of rotatable bonds is 5. The first-order valence-corrected chi connectivity index (χ1v) is 8.80. The Kier molecular flexibility index (Phi) is 5.41. The molecule has 0 aliphatic carbocycles. The van der Waals surface area contributed by atoms with Crippen LogP contribution in [0.15, 0.2) is 47.8 Å². The molecule has 28 heavy (non-hydrogen) atoms. The molecule has 0 fully saturated rings. The highest BCUT2D eigenvalue weighted by Crippen LogP contribution is 2.28. The number of hydrogen-bond donors (Lipinski definition) is 2. The number of benzene rings is 2. The minimum absolute atomic E-state index is 0.0760. The van der Waals surface area contributed by atoms with E-state index in [0.29, 0.717) is 11.3 Å². The van der Waals surface area contributed by atoms with E-state index in [9.17, 15) is 24.1 Å². The van der Waals surface area contributed by atoms with Crippen molar-refractivity contribution in [3.8, 4) is 11.3 Å². The van der Waals surface area contributed by atoms with Gasteiger partial charge in [0.1, 0.15) is 5.82 Å². The molecule has 0 spiro atoms. The Bertz CT molecular complexity index is 1080. The van der Waals surface area contributed by atoms with E-state index in [4.69, 9.17) is 0 Å². The molecule has 0 bridgehead atoms. The van der Waals surface area contributed by atoms with Gasteiger partial charge < -0.3 is 5.32 Å². The summed E-state index contributed by atoms with van der Waals surface area (Å²) in [7, 11) is 0. The third-order valence-electron chi connectivity index (χ3n) is 3.61. The number of aromatic nitrogens is 1. The summed E-state index contributed by atoms with van der Waals surface area (Å²) in [5, 5.41) is 17.7. The first-order valence-electron chi connectivity index (χ1n) is 7.92. The average molecular weight is 400 g/mol. The number of carbonyl (C=O) groups is 2. The van der Waals surface area contributed by atoms with Gasteiger partial charge in [-0.15, -0.1) is 11.3 Å². The van der Waals surface area contributed by atoms with Crippen molar-refractivity contribution >= 4 is 39.7 Å². The molecule has 1 heterocycles. The Morgan fingerprint density at radius 2 is 1.96 bits per heavy atom. The summed E-state index contributed by atoms with van der Waals surface area (Å²) < 4.78 is 14.0. The summed E-state index contributed by atoms with van der Waals surface area (Å²) in [6.07, 6.45) is 0. The van der Waals surface area contributed by atoms with Crippen LogP contribution < -0.4 is 10.6 Å². The van der Waals surface area contributed by atoms with Crippen molar-refractivity contribution in [1.29, 1.82) is 0 Å². The van der Waals surface area contributed by atoms with Crippen LogP contribution in [0.4, 0.5) is 20.9 Å². The molecule has 2 aromatic carbocycles. The lowest BCUT2D eigenvalue weighted by molar-refractivity contribution is -0.384. The number of thiazole rings is 1. The predicted octanol–water partition coefficient (Wildman–Crippen LogP) is 4.07. The fourth-order valence-electron chi connectivity index (χ4n) is 2.39. The van der Waals surface area contributed by atoms with Gasteiger partial charge in [0, 0.05) is 35.7 Å². The highest BCUT2D eigenvalue weighted by Gasteiger charge is 2.16. The lowest BCUT2D eigenvalue weighted by atomic mass is 10.1. The van der Waals surface area contributed by atoms with Gasteiger partial charge in [-0.05, 0) is 18.2 Å². The molecule has 1 aromatic heterocycles. The van der Waals surface area contributed by atoms with Gasteiger partial charge in [0.2, 0.25) is 5.91 Å². The summed E-state index contributed by atoms with van der Waals surface area (Å²) >= 11 is 1.10. The largest absolute Gasteiger partial charge is 0.326 e. The smallest absolute Gasteiger partial charge is 0.270 e. The Morgan fingerprint density at radius 1 is 1.18 bits per heavy atom. The van der Waals surface area contributed by atoms with E-state index in [1.165, 1.54) is 37.3 Å². The van der Waals surface area contributed by atoms with Crippen LogP contribution in [-0.2, 0) is 4.79 Å². The first kappa shape index (κ1) is 19.1. The maximum Gasteiger partial charge on any atom is 0.270 e. The van der Waals surface area contributed by atoms with Crippen molar-refractivity contribution < 1.29 is 18.9 Å². The lowest BCUT2D eigenvalue weighted by Gasteiger charge is -2.07. The molecule has 2 N–H and O–H groups in total. The zero-order valence-corrected chi connectivity index (χ0v) is 15.2. The normalized spacial score (nSPS) is 10.4. The maximum atomic E-state index is 14.0. The summed E-state index contributed by atoms with van der Waals surface area (Å²) in [6, 6.07) is 9.58. The topological polar surface area (TPSA) is 114 Å². The Hall–Kier alpha value is -3.66. The minimum atomic E-state index is -0.748. The SMILES string of the molecule is CC(=O)Nc1ccc(F)c(C(=O)Nc2nc(-c3cccc([N+](=O)[O-])c3)cs2)c1. The Balaban J connectivity index is 1.80. The molecule has 0 atom stereocenters. The molecular weight excluding hydrogens is 387 g/mol. The number of nitro benzene ring substituents is 1. The van der Waals surface area contributed by atoms with Crippen LogP contribution in [0.5, 0.6) is 0 Å². The van der Waals surface area contributed by atoms with Crippen LogP contribution >= 0.6 is 11.3 Å². The van der Waals surface area contributed by atoms with Gasteiger partial charge in [0.05, 0.1) is 16.2 Å². The van der Waals surface area contributed by atoms with E-state index < -0.39 is 16.6 Å². The quantitative estimate of drug-likeness (QED) is 0.495. The molecule has 10 heteroatoms. The van der Waals surface area contributed by atoms with Crippen molar-refractivity contribution in [1.82, 2.24) is 4.98 Å². The molecule has 0 aliphatic heterocycles. The van der Waals surface area contributed by atoms with Crippen LogP contribution in [0, 0.1) is 15.9 Å². The second kappa shape index (κ2) is 7.92. The van der Waals surface area contributed by atoms with Crippen LogP contribution in [0.1, 0.15) is 17.3 Å². The Morgan fingerprint density at radius 3 is 2.68 bits per heavy atom. The zero-order chi connectivity index (χ0) is 20.3. The number of hydrogen-bond acceptors (Lipinski definition) is 6. The van der Waals surface area contributed by atoms with Gasteiger partial charge in [-0.3, -0.25) is 25.0 Å². The van der Waals surface area contributed by atoms with Crippen molar-refractivity contribution in [3.63, 3.8) is 0 Å².